The topological polar surface area (TPSA) is 56.2 Å². The molecular formula is C25H23ClFN3O2. The van der Waals surface area contributed by atoms with Gasteiger partial charge >= 0.3 is 0 Å². The van der Waals surface area contributed by atoms with Crippen LogP contribution in [0.15, 0.2) is 72.8 Å². The van der Waals surface area contributed by atoms with Crippen LogP contribution < -0.4 is 10.1 Å². The summed E-state index contributed by atoms with van der Waals surface area (Å²) in [5.41, 5.74) is 2.32. The number of carbonyl (C=O) groups excluding carboxylic acids is 1. The second-order valence-electron chi connectivity index (χ2n) is 7.37. The number of hydrogen-bond donors (Lipinski definition) is 1. The molecule has 7 heteroatoms. The number of aryl methyl sites for hydroxylation is 1. The third kappa shape index (κ3) is 5.45. The van der Waals surface area contributed by atoms with Crippen LogP contribution in [0.5, 0.6) is 5.75 Å². The minimum Gasteiger partial charge on any atom is -0.494 e. The lowest BCUT2D eigenvalue weighted by atomic mass is 10.2. The van der Waals surface area contributed by atoms with E-state index in [1.165, 1.54) is 24.3 Å². The summed E-state index contributed by atoms with van der Waals surface area (Å²) in [4.78, 5) is 17.1. The average Bonchev–Trinajstić information content (AvgIpc) is 3.16. The lowest BCUT2D eigenvalue weighted by Crippen LogP contribution is -2.24. The fourth-order valence-corrected chi connectivity index (χ4v) is 3.59. The molecule has 4 rings (SSSR count). The maximum Gasteiger partial charge on any atom is 0.251 e. The van der Waals surface area contributed by atoms with Crippen molar-refractivity contribution in [2.45, 2.75) is 25.9 Å². The summed E-state index contributed by atoms with van der Waals surface area (Å²) in [5, 5.41) is 3.57. The molecule has 0 saturated carbocycles. The van der Waals surface area contributed by atoms with Crippen molar-refractivity contribution in [1.82, 2.24) is 14.9 Å². The minimum absolute atomic E-state index is 0.264. The lowest BCUT2D eigenvalue weighted by molar-refractivity contribution is 0.0949. The van der Waals surface area contributed by atoms with Crippen LogP contribution in [0.25, 0.3) is 11.0 Å². The zero-order valence-electron chi connectivity index (χ0n) is 17.4. The van der Waals surface area contributed by atoms with Crippen molar-refractivity contribution in [3.05, 3.63) is 95.0 Å². The van der Waals surface area contributed by atoms with Crippen molar-refractivity contribution in [1.29, 1.82) is 0 Å². The smallest absolute Gasteiger partial charge is 0.251 e. The highest BCUT2D eigenvalue weighted by Gasteiger charge is 2.12. The molecule has 1 N–H and O–H groups in total. The largest absolute Gasteiger partial charge is 0.494 e. The van der Waals surface area contributed by atoms with Crippen molar-refractivity contribution in [2.24, 2.45) is 0 Å². The van der Waals surface area contributed by atoms with Crippen molar-refractivity contribution >= 4 is 28.5 Å². The van der Waals surface area contributed by atoms with Gasteiger partial charge in [-0.25, -0.2) is 9.37 Å². The molecule has 5 nitrogen and oxygen atoms in total. The minimum atomic E-state index is -0.372. The van der Waals surface area contributed by atoms with Crippen LogP contribution in [0, 0.1) is 5.82 Å². The molecule has 1 amide bonds. The monoisotopic (exact) mass is 451 g/mol. The number of amides is 1. The van der Waals surface area contributed by atoms with Crippen molar-refractivity contribution in [3.8, 4) is 5.75 Å². The predicted octanol–water partition coefficient (Wildman–Crippen LogP) is 5.62. The summed E-state index contributed by atoms with van der Waals surface area (Å²) in [6.07, 6.45) is 1.77. The maximum atomic E-state index is 13.1. The molecule has 0 aliphatic heterocycles. The van der Waals surface area contributed by atoms with E-state index in [-0.39, 0.29) is 18.3 Å². The van der Waals surface area contributed by atoms with E-state index >= 15 is 0 Å². The number of nitrogens with zero attached hydrogens (tertiary/aromatic N) is 2. The number of aromatic nitrogens is 2. The Balaban J connectivity index is 1.37. The molecule has 0 fully saturated rings. The SMILES string of the molecule is O=C(NCc1nc2ccccc2n1CCCCOc1ccc(Cl)cc1)c1ccc(F)cc1. The summed E-state index contributed by atoms with van der Waals surface area (Å²) in [5.74, 6) is 0.940. The van der Waals surface area contributed by atoms with Gasteiger partial charge in [0.2, 0.25) is 0 Å². The molecule has 0 saturated heterocycles. The van der Waals surface area contributed by atoms with E-state index in [9.17, 15) is 9.18 Å². The fourth-order valence-electron chi connectivity index (χ4n) is 3.47. The van der Waals surface area contributed by atoms with E-state index in [1.54, 1.807) is 12.1 Å². The van der Waals surface area contributed by atoms with Crippen LogP contribution in [0.3, 0.4) is 0 Å². The van der Waals surface area contributed by atoms with Crippen LogP contribution in [0.2, 0.25) is 5.02 Å². The number of imidazole rings is 1. The molecule has 1 aromatic heterocycles. The molecular weight excluding hydrogens is 429 g/mol. The number of benzene rings is 3. The molecule has 0 spiro atoms. The summed E-state index contributed by atoms with van der Waals surface area (Å²) < 4.78 is 21.0. The first-order chi connectivity index (χ1) is 15.6. The van der Waals surface area contributed by atoms with Gasteiger partial charge in [0.15, 0.2) is 0 Å². The Labute approximate surface area is 190 Å². The Morgan fingerprint density at radius 3 is 2.53 bits per heavy atom. The molecule has 0 atom stereocenters. The summed E-state index contributed by atoms with van der Waals surface area (Å²) in [7, 11) is 0. The first kappa shape index (κ1) is 21.8. The molecule has 32 heavy (non-hydrogen) atoms. The summed E-state index contributed by atoms with van der Waals surface area (Å²) >= 11 is 5.90. The van der Waals surface area contributed by atoms with Gasteiger partial charge in [-0.3, -0.25) is 4.79 Å². The third-order valence-electron chi connectivity index (χ3n) is 5.11. The molecule has 0 aliphatic carbocycles. The number of rotatable bonds is 9. The maximum absolute atomic E-state index is 13.1. The highest BCUT2D eigenvalue weighted by Crippen LogP contribution is 2.18. The molecule has 0 aliphatic rings. The van der Waals surface area contributed by atoms with E-state index in [0.29, 0.717) is 17.2 Å². The fraction of sp³-hybridized carbons (Fsp3) is 0.200. The Bertz CT molecular complexity index is 1190. The first-order valence-corrected chi connectivity index (χ1v) is 10.8. The van der Waals surface area contributed by atoms with Crippen molar-refractivity contribution in [3.63, 3.8) is 0 Å². The Hall–Kier alpha value is -3.38. The average molecular weight is 452 g/mol. The summed E-state index contributed by atoms with van der Waals surface area (Å²) in [6.45, 7) is 1.64. The van der Waals surface area contributed by atoms with Crippen molar-refractivity contribution in [2.75, 3.05) is 6.61 Å². The molecule has 3 aromatic carbocycles. The van der Waals surface area contributed by atoms with Crippen LogP contribution in [0.4, 0.5) is 4.39 Å². The number of ether oxygens (including phenoxy) is 1. The number of para-hydroxylation sites is 2. The van der Waals surface area contributed by atoms with E-state index in [1.807, 2.05) is 36.4 Å². The number of carbonyl (C=O) groups is 1. The van der Waals surface area contributed by atoms with Gasteiger partial charge in [0, 0.05) is 17.1 Å². The highest BCUT2D eigenvalue weighted by atomic mass is 35.5. The van der Waals surface area contributed by atoms with Gasteiger partial charge in [-0.15, -0.1) is 0 Å². The van der Waals surface area contributed by atoms with E-state index in [2.05, 4.69) is 9.88 Å². The Kier molecular flexibility index (Phi) is 7.02. The van der Waals surface area contributed by atoms with E-state index in [0.717, 1.165) is 42.0 Å². The lowest BCUT2D eigenvalue weighted by Gasteiger charge is -2.11. The summed E-state index contributed by atoms with van der Waals surface area (Å²) in [6, 6.07) is 20.7. The van der Waals surface area contributed by atoms with Gasteiger partial charge in [-0.2, -0.15) is 0 Å². The second-order valence-corrected chi connectivity index (χ2v) is 7.80. The third-order valence-corrected chi connectivity index (χ3v) is 5.36. The zero-order valence-corrected chi connectivity index (χ0v) is 18.2. The molecule has 164 valence electrons. The molecule has 0 radical (unpaired) electrons. The number of hydrogen-bond acceptors (Lipinski definition) is 3. The van der Waals surface area contributed by atoms with Crippen LogP contribution >= 0.6 is 11.6 Å². The molecule has 0 unspecified atom stereocenters. The van der Waals surface area contributed by atoms with Gasteiger partial charge in [0.05, 0.1) is 24.2 Å². The molecule has 0 bridgehead atoms. The zero-order chi connectivity index (χ0) is 22.3. The number of nitrogens with one attached hydrogen (secondary N) is 1. The van der Waals surface area contributed by atoms with Crippen LogP contribution in [-0.4, -0.2) is 22.1 Å². The second kappa shape index (κ2) is 10.3. The van der Waals surface area contributed by atoms with Gasteiger partial charge in [0.1, 0.15) is 17.4 Å². The normalized spacial score (nSPS) is 10.9. The standard InChI is InChI=1S/C25H23ClFN3O2/c26-19-9-13-21(14-10-19)32-16-4-3-15-30-23-6-2-1-5-22(23)29-24(30)17-28-25(31)18-7-11-20(27)12-8-18/h1-2,5-14H,3-4,15-17H2,(H,28,31). The number of unbranched alkanes of at least 4 members (excludes halogenated alkanes) is 1. The van der Waals surface area contributed by atoms with Gasteiger partial charge < -0.3 is 14.6 Å². The number of fused-ring (bicyclic) bond motifs is 1. The Morgan fingerprint density at radius 2 is 1.75 bits per heavy atom. The molecule has 1 heterocycles. The van der Waals surface area contributed by atoms with Gasteiger partial charge in [-0.1, -0.05) is 23.7 Å². The quantitative estimate of drug-likeness (QED) is 0.336. The van der Waals surface area contributed by atoms with Crippen molar-refractivity contribution < 1.29 is 13.9 Å². The van der Waals surface area contributed by atoms with E-state index in [4.69, 9.17) is 21.3 Å². The van der Waals surface area contributed by atoms with E-state index < -0.39 is 0 Å². The molecule has 4 aromatic rings. The Morgan fingerprint density at radius 1 is 1.00 bits per heavy atom. The van der Waals surface area contributed by atoms with Crippen LogP contribution in [-0.2, 0) is 13.1 Å². The highest BCUT2D eigenvalue weighted by molar-refractivity contribution is 6.30. The predicted molar refractivity (Wildman–Crippen MR) is 123 cm³/mol. The van der Waals surface area contributed by atoms with Crippen LogP contribution in [0.1, 0.15) is 29.0 Å². The van der Waals surface area contributed by atoms with Gasteiger partial charge in [0.25, 0.3) is 5.91 Å². The van der Waals surface area contributed by atoms with Gasteiger partial charge in [-0.05, 0) is 73.5 Å². The number of halogens is 2. The first-order valence-electron chi connectivity index (χ1n) is 10.5.